The third-order valence-electron chi connectivity index (χ3n) is 5.74. The quantitative estimate of drug-likeness (QED) is 0.216. The zero-order chi connectivity index (χ0) is 21.2. The van der Waals surface area contributed by atoms with Crippen LogP contribution in [-0.4, -0.2) is 21.2 Å². The van der Waals surface area contributed by atoms with E-state index in [4.69, 9.17) is 0 Å². The van der Waals surface area contributed by atoms with Gasteiger partial charge in [0.25, 0.3) is 0 Å². The first-order valence-electron chi connectivity index (χ1n) is 12.0. The van der Waals surface area contributed by atoms with Crippen LogP contribution in [0.5, 0.6) is 0 Å². The Labute approximate surface area is 181 Å². The number of hydrogen-bond acceptors (Lipinski definition) is 2. The van der Waals surface area contributed by atoms with Crippen molar-refractivity contribution >= 4 is 15.7 Å². The smallest absolute Gasteiger partial charge is 0.234 e. The van der Waals surface area contributed by atoms with Crippen LogP contribution < -0.4 is 4.31 Å². The topological polar surface area (TPSA) is 37.4 Å². The van der Waals surface area contributed by atoms with E-state index in [0.29, 0.717) is 5.69 Å². The van der Waals surface area contributed by atoms with Gasteiger partial charge in [-0.3, -0.25) is 4.31 Å². The molecule has 0 spiro atoms. The normalized spacial score (nSPS) is 11.7. The molecule has 1 radical (unpaired) electrons. The van der Waals surface area contributed by atoms with Crippen molar-refractivity contribution in [3.05, 3.63) is 30.3 Å². The predicted octanol–water partition coefficient (Wildman–Crippen LogP) is 7.51. The van der Waals surface area contributed by atoms with Crippen LogP contribution >= 0.6 is 0 Å². The molecular formula is C25H44NO2S. The average Bonchev–Trinajstić information content (AvgIpc) is 2.73. The maximum Gasteiger partial charge on any atom is 0.234 e. The van der Waals surface area contributed by atoms with E-state index in [1.165, 1.54) is 87.8 Å². The average molecular weight is 423 g/mol. The van der Waals surface area contributed by atoms with Gasteiger partial charge in [-0.15, -0.1) is 0 Å². The van der Waals surface area contributed by atoms with Gasteiger partial charge in [-0.25, -0.2) is 8.42 Å². The minimum absolute atomic E-state index is 0.237. The van der Waals surface area contributed by atoms with E-state index in [0.717, 1.165) is 19.3 Å². The van der Waals surface area contributed by atoms with Gasteiger partial charge in [-0.1, -0.05) is 115 Å². The fourth-order valence-electron chi connectivity index (χ4n) is 3.72. The summed E-state index contributed by atoms with van der Waals surface area (Å²) in [7, 11) is -1.58. The molecule has 167 valence electrons. The summed E-state index contributed by atoms with van der Waals surface area (Å²) in [6.07, 6.45) is 20.8. The first-order chi connectivity index (χ1) is 14.1. The van der Waals surface area contributed by atoms with Gasteiger partial charge in [-0.05, 0) is 24.6 Å². The summed E-state index contributed by atoms with van der Waals surface area (Å²) >= 11 is 0. The van der Waals surface area contributed by atoms with Gasteiger partial charge in [0, 0.05) is 7.05 Å². The van der Waals surface area contributed by atoms with Gasteiger partial charge in [0.2, 0.25) is 10.0 Å². The molecule has 0 bridgehead atoms. The highest BCUT2D eigenvalue weighted by Gasteiger charge is 2.17. The molecule has 0 aliphatic rings. The SMILES string of the molecule is CCCCCCCCCCCCCCCCCCS(=O)(=O)N(C)c1cc[c]cc1. The summed E-state index contributed by atoms with van der Waals surface area (Å²) in [5.74, 6) is 0.237. The van der Waals surface area contributed by atoms with Crippen LogP contribution in [0.4, 0.5) is 5.69 Å². The van der Waals surface area contributed by atoms with E-state index in [1.807, 2.05) is 0 Å². The summed E-state index contributed by atoms with van der Waals surface area (Å²) in [6, 6.07) is 9.98. The van der Waals surface area contributed by atoms with E-state index in [-0.39, 0.29) is 5.75 Å². The molecule has 0 aliphatic heterocycles. The van der Waals surface area contributed by atoms with E-state index in [2.05, 4.69) is 13.0 Å². The van der Waals surface area contributed by atoms with Crippen molar-refractivity contribution < 1.29 is 8.42 Å². The van der Waals surface area contributed by atoms with E-state index >= 15 is 0 Å². The van der Waals surface area contributed by atoms with Gasteiger partial charge < -0.3 is 0 Å². The third-order valence-corrected chi connectivity index (χ3v) is 7.59. The minimum atomic E-state index is -3.21. The van der Waals surface area contributed by atoms with Gasteiger partial charge in [0.05, 0.1) is 11.4 Å². The van der Waals surface area contributed by atoms with Crippen molar-refractivity contribution in [3.63, 3.8) is 0 Å². The summed E-state index contributed by atoms with van der Waals surface area (Å²) < 4.78 is 26.2. The lowest BCUT2D eigenvalue weighted by Gasteiger charge is -2.19. The standard InChI is InChI=1S/C25H44NO2S/c1-3-4-5-6-7-8-9-10-11-12-13-14-15-16-17-21-24-29(27,28)26(2)25-22-19-18-20-23-25/h19-20,22-23H,3-17,21,24H2,1-2H3. The Morgan fingerprint density at radius 3 is 1.48 bits per heavy atom. The van der Waals surface area contributed by atoms with Crippen LogP contribution in [0.15, 0.2) is 24.3 Å². The molecule has 0 atom stereocenters. The molecule has 0 aliphatic carbocycles. The van der Waals surface area contributed by atoms with Crippen LogP contribution in [0.25, 0.3) is 0 Å². The predicted molar refractivity (Wildman–Crippen MR) is 127 cm³/mol. The minimum Gasteiger partial charge on any atom is -0.273 e. The molecule has 0 fully saturated rings. The molecule has 1 aromatic carbocycles. The Kier molecular flexibility index (Phi) is 15.0. The zero-order valence-corrected chi connectivity index (χ0v) is 19.8. The second-order valence-corrected chi connectivity index (χ2v) is 10.5. The van der Waals surface area contributed by atoms with E-state index < -0.39 is 10.0 Å². The number of unbranched alkanes of at least 4 members (excludes halogenated alkanes) is 15. The maximum atomic E-state index is 12.4. The number of rotatable bonds is 19. The molecule has 1 aromatic rings. The monoisotopic (exact) mass is 422 g/mol. The van der Waals surface area contributed by atoms with Crippen LogP contribution in [0.2, 0.25) is 0 Å². The van der Waals surface area contributed by atoms with Crippen molar-refractivity contribution in [1.29, 1.82) is 0 Å². The number of nitrogens with zero attached hydrogens (tertiary/aromatic N) is 1. The van der Waals surface area contributed by atoms with E-state index in [9.17, 15) is 8.42 Å². The van der Waals surface area contributed by atoms with Crippen molar-refractivity contribution in [1.82, 2.24) is 0 Å². The van der Waals surface area contributed by atoms with Crippen LogP contribution in [-0.2, 0) is 10.0 Å². The molecule has 0 heterocycles. The number of anilines is 1. The van der Waals surface area contributed by atoms with Crippen molar-refractivity contribution in [2.45, 2.75) is 110 Å². The maximum absolute atomic E-state index is 12.4. The number of sulfonamides is 1. The molecule has 0 N–H and O–H groups in total. The molecule has 4 heteroatoms. The molecule has 0 aromatic heterocycles. The molecule has 3 nitrogen and oxygen atoms in total. The third kappa shape index (κ3) is 13.0. The lowest BCUT2D eigenvalue weighted by Crippen LogP contribution is -2.28. The Morgan fingerprint density at radius 1 is 0.690 bits per heavy atom. The van der Waals surface area contributed by atoms with Crippen LogP contribution in [0.1, 0.15) is 110 Å². The summed E-state index contributed by atoms with van der Waals surface area (Å²) in [4.78, 5) is 0. The highest BCUT2D eigenvalue weighted by Crippen LogP contribution is 2.17. The van der Waals surface area contributed by atoms with Gasteiger partial charge in [0.1, 0.15) is 0 Å². The highest BCUT2D eigenvalue weighted by atomic mass is 32.2. The van der Waals surface area contributed by atoms with Gasteiger partial charge >= 0.3 is 0 Å². The summed E-state index contributed by atoms with van der Waals surface area (Å²) in [5.41, 5.74) is 0.709. The van der Waals surface area contributed by atoms with E-state index in [1.54, 1.807) is 31.3 Å². The second-order valence-electron chi connectivity index (χ2n) is 8.35. The Hall–Kier alpha value is -1.03. The van der Waals surface area contributed by atoms with Crippen LogP contribution in [0.3, 0.4) is 0 Å². The lowest BCUT2D eigenvalue weighted by atomic mass is 10.0. The zero-order valence-electron chi connectivity index (χ0n) is 19.0. The summed E-state index contributed by atoms with van der Waals surface area (Å²) in [6.45, 7) is 2.27. The van der Waals surface area contributed by atoms with Crippen LogP contribution in [0, 0.1) is 6.07 Å². The fourth-order valence-corrected chi connectivity index (χ4v) is 5.00. The molecular weight excluding hydrogens is 378 g/mol. The molecule has 0 saturated heterocycles. The van der Waals surface area contributed by atoms with Crippen molar-refractivity contribution in [2.24, 2.45) is 0 Å². The lowest BCUT2D eigenvalue weighted by molar-refractivity contribution is 0.530. The first kappa shape index (κ1) is 26.0. The number of benzene rings is 1. The highest BCUT2D eigenvalue weighted by molar-refractivity contribution is 7.92. The Balaban J connectivity index is 1.91. The fraction of sp³-hybridized carbons (Fsp3) is 0.760. The molecule has 0 amide bonds. The van der Waals surface area contributed by atoms with Crippen molar-refractivity contribution in [3.8, 4) is 0 Å². The Bertz CT molecular complexity index is 586. The van der Waals surface area contributed by atoms with Gasteiger partial charge in [-0.2, -0.15) is 0 Å². The molecule has 1 rings (SSSR count). The Morgan fingerprint density at radius 2 is 1.07 bits per heavy atom. The molecule has 0 saturated carbocycles. The van der Waals surface area contributed by atoms with Gasteiger partial charge in [0.15, 0.2) is 0 Å². The first-order valence-corrected chi connectivity index (χ1v) is 13.6. The summed E-state index contributed by atoms with van der Waals surface area (Å²) in [5, 5.41) is 0. The molecule has 29 heavy (non-hydrogen) atoms. The number of hydrogen-bond donors (Lipinski definition) is 0. The van der Waals surface area contributed by atoms with Crippen molar-refractivity contribution in [2.75, 3.05) is 17.1 Å². The largest absolute Gasteiger partial charge is 0.273 e. The molecule has 0 unspecified atom stereocenters. The second kappa shape index (κ2) is 16.7.